The quantitative estimate of drug-likeness (QED) is 0.104. The number of nitrogens with zero attached hydrogens (tertiary/aromatic N) is 3. The molecule has 0 aliphatic carbocycles. The second-order valence-corrected chi connectivity index (χ2v) is 9.39. The highest BCUT2D eigenvalue weighted by Gasteiger charge is 2.46. The number of non-ortho nitro benzene ring substituents is 1. The lowest BCUT2D eigenvalue weighted by Crippen LogP contribution is -2.29. The van der Waals surface area contributed by atoms with Crippen molar-refractivity contribution in [3.63, 3.8) is 0 Å². The number of ether oxygens (including phenoxy) is 1. The van der Waals surface area contributed by atoms with Crippen LogP contribution in [-0.2, 0) is 22.7 Å². The molecule has 2 heterocycles. The van der Waals surface area contributed by atoms with E-state index in [9.17, 15) is 24.8 Å². The number of nitro groups is 1. The van der Waals surface area contributed by atoms with E-state index in [4.69, 9.17) is 4.74 Å². The molecule has 9 heteroatoms. The Morgan fingerprint density at radius 1 is 1.00 bits per heavy atom. The van der Waals surface area contributed by atoms with E-state index in [0.717, 1.165) is 5.56 Å². The molecule has 5 rings (SSSR count). The summed E-state index contributed by atoms with van der Waals surface area (Å²) in [6.07, 6.45) is 3.16. The highest BCUT2D eigenvalue weighted by Crippen LogP contribution is 2.41. The third-order valence-electron chi connectivity index (χ3n) is 6.71. The number of likely N-dealkylation sites (tertiary alicyclic amines) is 1. The number of benzene rings is 3. The molecule has 0 unspecified atom stereocenters. The van der Waals surface area contributed by atoms with Crippen molar-refractivity contribution in [3.05, 3.63) is 141 Å². The Kier molecular flexibility index (Phi) is 7.37. The van der Waals surface area contributed by atoms with Crippen LogP contribution in [-0.4, -0.2) is 31.6 Å². The van der Waals surface area contributed by atoms with Gasteiger partial charge in [0.15, 0.2) is 0 Å². The van der Waals surface area contributed by atoms with Gasteiger partial charge in [-0.2, -0.15) is 0 Å². The number of aliphatic hydroxyl groups excluding tert-OH is 1. The molecule has 1 aliphatic heterocycles. The van der Waals surface area contributed by atoms with Gasteiger partial charge in [-0.15, -0.1) is 0 Å². The van der Waals surface area contributed by atoms with Crippen molar-refractivity contribution in [3.8, 4) is 5.75 Å². The molecule has 1 atom stereocenters. The van der Waals surface area contributed by atoms with E-state index in [1.54, 1.807) is 55.7 Å². The molecule has 200 valence electrons. The molecule has 1 N–H and O–H groups in total. The molecule has 1 saturated heterocycles. The van der Waals surface area contributed by atoms with Crippen LogP contribution < -0.4 is 4.74 Å². The van der Waals surface area contributed by atoms with Crippen molar-refractivity contribution in [1.29, 1.82) is 0 Å². The van der Waals surface area contributed by atoms with Gasteiger partial charge in [-0.3, -0.25) is 24.7 Å². The lowest BCUT2D eigenvalue weighted by atomic mass is 9.93. The van der Waals surface area contributed by atoms with Crippen LogP contribution in [0.2, 0.25) is 0 Å². The number of hydrogen-bond donors (Lipinski definition) is 1. The summed E-state index contributed by atoms with van der Waals surface area (Å²) in [6.45, 7) is 2.14. The molecule has 1 amide bonds. The Bertz CT molecular complexity index is 1620. The van der Waals surface area contributed by atoms with E-state index in [0.29, 0.717) is 34.6 Å². The standard InChI is InChI=1S/C31H25N3O6/c1-20-15-25(40-19-21-7-3-2-4-8-21)12-13-26(20)29(35)27-28(23-10-5-11-24(16-23)34(38)39)33(31(37)30(27)36)18-22-9-6-14-32-17-22/h2-17,28,35H,18-19H2,1H3/t28-/m0/s1. The minimum atomic E-state index is -1.05. The first-order valence-electron chi connectivity index (χ1n) is 12.5. The van der Waals surface area contributed by atoms with Gasteiger partial charge in [-0.1, -0.05) is 48.5 Å². The predicted octanol–water partition coefficient (Wildman–Crippen LogP) is 5.50. The average Bonchev–Trinajstić information content (AvgIpc) is 3.22. The largest absolute Gasteiger partial charge is 0.507 e. The fourth-order valence-electron chi connectivity index (χ4n) is 4.76. The maximum atomic E-state index is 13.4. The molecule has 1 aromatic heterocycles. The first kappa shape index (κ1) is 26.3. The minimum absolute atomic E-state index is 0.0216. The predicted molar refractivity (Wildman–Crippen MR) is 147 cm³/mol. The Morgan fingerprint density at radius 2 is 1.77 bits per heavy atom. The second kappa shape index (κ2) is 11.2. The van der Waals surface area contributed by atoms with Gasteiger partial charge in [0.05, 0.1) is 16.5 Å². The van der Waals surface area contributed by atoms with Gasteiger partial charge in [0.2, 0.25) is 0 Å². The van der Waals surface area contributed by atoms with Crippen molar-refractivity contribution in [2.45, 2.75) is 26.1 Å². The Balaban J connectivity index is 1.55. The molecule has 9 nitrogen and oxygen atoms in total. The van der Waals surface area contributed by atoms with Gasteiger partial charge in [-0.25, -0.2) is 0 Å². The SMILES string of the molecule is Cc1cc(OCc2ccccc2)ccc1C(O)=C1C(=O)C(=O)N(Cc2cccnc2)[C@H]1c1cccc([N+](=O)[O-])c1. The molecule has 1 fully saturated rings. The number of nitro benzene ring substituents is 1. The van der Waals surface area contributed by atoms with Gasteiger partial charge in [0.25, 0.3) is 17.4 Å². The Hall–Kier alpha value is -5.31. The number of hydrogen-bond acceptors (Lipinski definition) is 7. The normalized spacial score (nSPS) is 16.2. The van der Waals surface area contributed by atoms with Gasteiger partial charge >= 0.3 is 0 Å². The number of ketones is 1. The van der Waals surface area contributed by atoms with Crippen molar-refractivity contribution >= 4 is 23.1 Å². The molecule has 0 spiro atoms. The summed E-state index contributed by atoms with van der Waals surface area (Å²) in [4.78, 5) is 43.0. The number of pyridine rings is 1. The monoisotopic (exact) mass is 535 g/mol. The number of amides is 1. The van der Waals surface area contributed by atoms with E-state index in [1.165, 1.54) is 23.1 Å². The third kappa shape index (κ3) is 5.30. The maximum absolute atomic E-state index is 13.4. The molecular weight excluding hydrogens is 510 g/mol. The zero-order valence-corrected chi connectivity index (χ0v) is 21.6. The summed E-state index contributed by atoms with van der Waals surface area (Å²) < 4.78 is 5.88. The average molecular weight is 536 g/mol. The number of carbonyl (C=O) groups is 2. The summed E-state index contributed by atoms with van der Waals surface area (Å²) in [5.41, 5.74) is 2.63. The zero-order valence-electron chi connectivity index (χ0n) is 21.6. The molecule has 4 aromatic rings. The molecule has 40 heavy (non-hydrogen) atoms. The van der Waals surface area contributed by atoms with Crippen molar-refractivity contribution in [2.24, 2.45) is 0 Å². The smallest absolute Gasteiger partial charge is 0.295 e. The topological polar surface area (TPSA) is 123 Å². The van der Waals surface area contributed by atoms with E-state index in [-0.39, 0.29) is 23.6 Å². The van der Waals surface area contributed by atoms with Crippen LogP contribution in [0.5, 0.6) is 5.75 Å². The van der Waals surface area contributed by atoms with Crippen LogP contribution in [0.25, 0.3) is 5.76 Å². The number of carbonyl (C=O) groups excluding carboxylic acids is 2. The van der Waals surface area contributed by atoms with Crippen molar-refractivity contribution < 1.29 is 24.4 Å². The summed E-state index contributed by atoms with van der Waals surface area (Å²) in [5, 5.41) is 23.0. The summed E-state index contributed by atoms with van der Waals surface area (Å²) in [7, 11) is 0. The number of aromatic nitrogens is 1. The first-order chi connectivity index (χ1) is 19.3. The zero-order chi connectivity index (χ0) is 28.2. The molecule has 3 aromatic carbocycles. The van der Waals surface area contributed by atoms with E-state index in [2.05, 4.69) is 4.98 Å². The van der Waals surface area contributed by atoms with Crippen molar-refractivity contribution in [2.75, 3.05) is 0 Å². The van der Waals surface area contributed by atoms with Crippen LogP contribution in [0.1, 0.15) is 33.9 Å². The van der Waals surface area contributed by atoms with Gasteiger partial charge in [0.1, 0.15) is 18.1 Å². The van der Waals surface area contributed by atoms with Crippen LogP contribution in [0.15, 0.2) is 103 Å². The van der Waals surface area contributed by atoms with Crippen LogP contribution >= 0.6 is 0 Å². The number of aryl methyl sites for hydroxylation is 1. The minimum Gasteiger partial charge on any atom is -0.507 e. The van der Waals surface area contributed by atoms with Crippen LogP contribution in [0, 0.1) is 17.0 Å². The molecular formula is C31H25N3O6. The van der Waals surface area contributed by atoms with Gasteiger partial charge < -0.3 is 14.7 Å². The molecule has 1 aliphatic rings. The summed E-state index contributed by atoms with van der Waals surface area (Å²) in [6, 6.07) is 22.9. The molecule has 0 bridgehead atoms. The second-order valence-electron chi connectivity index (χ2n) is 9.39. The summed E-state index contributed by atoms with van der Waals surface area (Å²) in [5.74, 6) is -1.48. The number of rotatable bonds is 8. The maximum Gasteiger partial charge on any atom is 0.295 e. The summed E-state index contributed by atoms with van der Waals surface area (Å²) >= 11 is 0. The highest BCUT2D eigenvalue weighted by molar-refractivity contribution is 6.46. The van der Waals surface area contributed by atoms with Crippen molar-refractivity contribution in [1.82, 2.24) is 9.88 Å². The highest BCUT2D eigenvalue weighted by atomic mass is 16.6. The first-order valence-corrected chi connectivity index (χ1v) is 12.5. The fourth-order valence-corrected chi connectivity index (χ4v) is 4.76. The van der Waals surface area contributed by atoms with Gasteiger partial charge in [0, 0.05) is 36.6 Å². The van der Waals surface area contributed by atoms with E-state index in [1.807, 2.05) is 30.3 Å². The number of aliphatic hydroxyl groups is 1. The van der Waals surface area contributed by atoms with E-state index < -0.39 is 22.7 Å². The van der Waals surface area contributed by atoms with Gasteiger partial charge in [-0.05, 0) is 53.4 Å². The Labute approximate surface area is 230 Å². The molecule has 0 radical (unpaired) electrons. The van der Waals surface area contributed by atoms with Crippen LogP contribution in [0.4, 0.5) is 5.69 Å². The lowest BCUT2D eigenvalue weighted by Gasteiger charge is -2.25. The number of Topliss-reactive ketones (excluding diaryl/α,β-unsaturated/α-hetero) is 1. The fraction of sp³-hybridized carbons (Fsp3) is 0.129. The molecule has 0 saturated carbocycles. The lowest BCUT2D eigenvalue weighted by molar-refractivity contribution is -0.384. The Morgan fingerprint density at radius 3 is 2.48 bits per heavy atom. The van der Waals surface area contributed by atoms with E-state index >= 15 is 0 Å². The van der Waals surface area contributed by atoms with Crippen LogP contribution in [0.3, 0.4) is 0 Å². The third-order valence-corrected chi connectivity index (χ3v) is 6.71.